The fourth-order valence-corrected chi connectivity index (χ4v) is 5.66. The van der Waals surface area contributed by atoms with Gasteiger partial charge < -0.3 is 0 Å². The zero-order valence-electron chi connectivity index (χ0n) is 8.62. The van der Waals surface area contributed by atoms with E-state index in [1.165, 1.54) is 0 Å². The molecule has 0 atom stereocenters. The molecule has 0 aromatic heterocycles. The molecule has 7 heteroatoms. The summed E-state index contributed by atoms with van der Waals surface area (Å²) < 4.78 is 1.86. The van der Waals surface area contributed by atoms with Crippen LogP contribution in [0.25, 0.3) is 0 Å². The van der Waals surface area contributed by atoms with Gasteiger partial charge in [0.2, 0.25) is 0 Å². The standard InChI is InChI=1S/C6H15N4.2ClH.Ga/c1-6(7-9(2)3)8-10(4)5;;;/h1-5H3;2*1H;/q-1;;;+3/p-2. The third kappa shape index (κ3) is 5.02. The molecule has 0 aliphatic heterocycles. The molecular weight excluding hydrogens is 269 g/mol. The van der Waals surface area contributed by atoms with Crippen molar-refractivity contribution in [3.63, 3.8) is 0 Å². The van der Waals surface area contributed by atoms with Crippen molar-refractivity contribution in [3.05, 3.63) is 0 Å². The molecule has 0 aromatic carbocycles. The van der Waals surface area contributed by atoms with Gasteiger partial charge in [0, 0.05) is 0 Å². The van der Waals surface area contributed by atoms with Gasteiger partial charge in [-0.15, -0.1) is 0 Å². The van der Waals surface area contributed by atoms with E-state index in [4.69, 9.17) is 19.3 Å². The zero-order chi connectivity index (χ0) is 10.6. The number of rotatable bonds is 3. The van der Waals surface area contributed by atoms with Crippen LogP contribution >= 0.6 is 19.3 Å². The number of hydrogen-bond acceptors (Lipinski definition) is 3. The van der Waals surface area contributed by atoms with E-state index in [0.717, 1.165) is 5.84 Å². The van der Waals surface area contributed by atoms with Crippen molar-refractivity contribution in [2.45, 2.75) is 6.92 Å². The van der Waals surface area contributed by atoms with E-state index in [-0.39, 0.29) is 0 Å². The van der Waals surface area contributed by atoms with Gasteiger partial charge >= 0.3 is 93.5 Å². The molecule has 13 heavy (non-hydrogen) atoms. The van der Waals surface area contributed by atoms with Crippen LogP contribution in [0.1, 0.15) is 6.92 Å². The van der Waals surface area contributed by atoms with E-state index in [1.807, 2.05) is 43.8 Å². The Kier molecular flexibility index (Phi) is 6.24. The van der Waals surface area contributed by atoms with Gasteiger partial charge in [0.15, 0.2) is 0 Å². The normalized spacial score (nSPS) is 11.8. The molecule has 0 aromatic rings. The predicted molar refractivity (Wildman–Crippen MR) is 59.8 cm³/mol. The Morgan fingerprint density at radius 2 is 1.62 bits per heavy atom. The Hall–Kier alpha value is 0.446. The van der Waals surface area contributed by atoms with Gasteiger partial charge in [0.1, 0.15) is 0 Å². The maximum atomic E-state index is 5.95. The molecule has 0 saturated carbocycles. The van der Waals surface area contributed by atoms with Gasteiger partial charge in [-0.25, -0.2) is 0 Å². The zero-order valence-corrected chi connectivity index (χ0v) is 12.6. The Labute approximate surface area is 93.4 Å². The molecule has 0 radical (unpaired) electrons. The number of amidine groups is 1. The fraction of sp³-hybridized carbons (Fsp3) is 0.833. The monoisotopic (exact) mass is 282 g/mol. The Morgan fingerprint density at radius 1 is 1.15 bits per heavy atom. The molecule has 76 valence electrons. The molecule has 0 fully saturated rings. The maximum absolute atomic E-state index is 5.95. The van der Waals surface area contributed by atoms with Crippen molar-refractivity contribution in [1.82, 2.24) is 13.7 Å². The molecule has 0 rings (SSSR count). The van der Waals surface area contributed by atoms with Crippen molar-refractivity contribution in [2.75, 3.05) is 28.2 Å². The molecule has 0 unspecified atom stereocenters. The van der Waals surface area contributed by atoms with Crippen LogP contribution in [-0.4, -0.2) is 62.2 Å². The fourth-order valence-electron chi connectivity index (χ4n) is 0.941. The molecule has 4 nitrogen and oxygen atoms in total. The Morgan fingerprint density at radius 3 is 1.85 bits per heavy atom. The first-order chi connectivity index (χ1) is 5.86. The van der Waals surface area contributed by atoms with E-state index in [1.54, 1.807) is 5.01 Å². The minimum absolute atomic E-state index is 0.824. The van der Waals surface area contributed by atoms with Gasteiger partial charge in [-0.05, 0) is 0 Å². The van der Waals surface area contributed by atoms with Crippen LogP contribution in [0.2, 0.25) is 0 Å². The van der Waals surface area contributed by atoms with Crippen LogP contribution in [0.15, 0.2) is 5.10 Å². The number of hydrazone groups is 1. The van der Waals surface area contributed by atoms with Crippen molar-refractivity contribution in [3.8, 4) is 0 Å². The number of halogens is 2. The first-order valence-electron chi connectivity index (χ1n) is 3.83. The van der Waals surface area contributed by atoms with Gasteiger partial charge in [-0.1, -0.05) is 0 Å². The summed E-state index contributed by atoms with van der Waals surface area (Å²) >= 11 is -2.36. The third-order valence-corrected chi connectivity index (χ3v) is 5.74. The van der Waals surface area contributed by atoms with Crippen LogP contribution < -0.4 is 0 Å². The molecule has 0 saturated heterocycles. The van der Waals surface area contributed by atoms with Crippen molar-refractivity contribution in [2.24, 2.45) is 5.10 Å². The quantitative estimate of drug-likeness (QED) is 0.335. The summed E-state index contributed by atoms with van der Waals surface area (Å²) in [7, 11) is 19.4. The van der Waals surface area contributed by atoms with Crippen LogP contribution in [-0.2, 0) is 0 Å². The van der Waals surface area contributed by atoms with Crippen molar-refractivity contribution in [1.29, 1.82) is 0 Å². The van der Waals surface area contributed by atoms with Gasteiger partial charge in [-0.3, -0.25) is 0 Å². The van der Waals surface area contributed by atoms with Crippen LogP contribution in [0.5, 0.6) is 0 Å². The first-order valence-corrected chi connectivity index (χ1v) is 11.3. The molecule has 0 bridgehead atoms. The second-order valence-corrected chi connectivity index (χ2v) is 10.6. The summed E-state index contributed by atoms with van der Waals surface area (Å²) in [5.74, 6) is 0.824. The van der Waals surface area contributed by atoms with Crippen molar-refractivity contribution >= 4 is 39.6 Å². The molecule has 0 aliphatic rings. The average Bonchev–Trinajstić information content (AvgIpc) is 1.81. The van der Waals surface area contributed by atoms with E-state index in [2.05, 4.69) is 5.10 Å². The number of hydrogen-bond donors (Lipinski definition) is 0. The number of hydrazine groups is 1. The molecule has 0 spiro atoms. The topological polar surface area (TPSA) is 22.1 Å². The molecule has 0 amide bonds. The predicted octanol–water partition coefficient (Wildman–Crippen LogP) is 1.12. The summed E-state index contributed by atoms with van der Waals surface area (Å²) in [6, 6.07) is 0. The molecule has 0 aliphatic carbocycles. The third-order valence-electron chi connectivity index (χ3n) is 1.29. The summed E-state index contributed by atoms with van der Waals surface area (Å²) in [6.07, 6.45) is 0. The second kappa shape index (κ2) is 6.03. The van der Waals surface area contributed by atoms with Gasteiger partial charge in [0.05, 0.1) is 0 Å². The second-order valence-electron chi connectivity index (χ2n) is 2.96. The van der Waals surface area contributed by atoms with E-state index in [0.29, 0.717) is 0 Å². The van der Waals surface area contributed by atoms with E-state index in [9.17, 15) is 0 Å². The SMILES string of the molecule is C/C(=N/N(C)C)[N](N(C)C)[Ga]([Cl])[Cl]. The van der Waals surface area contributed by atoms with Crippen molar-refractivity contribution < 1.29 is 0 Å². The minimum atomic E-state index is -2.36. The number of nitrogens with zero attached hydrogens (tertiary/aromatic N) is 4. The summed E-state index contributed by atoms with van der Waals surface area (Å²) in [5, 5.41) is 7.83. The van der Waals surface area contributed by atoms with E-state index < -0.39 is 14.5 Å². The average molecular weight is 284 g/mol. The van der Waals surface area contributed by atoms with Gasteiger partial charge in [-0.2, -0.15) is 0 Å². The summed E-state index contributed by atoms with van der Waals surface area (Å²) in [4.78, 5) is 0. The first kappa shape index (κ1) is 13.4. The van der Waals surface area contributed by atoms with Crippen LogP contribution in [0, 0.1) is 0 Å². The van der Waals surface area contributed by atoms with Crippen LogP contribution in [0.3, 0.4) is 0 Å². The summed E-state index contributed by atoms with van der Waals surface area (Å²) in [5.41, 5.74) is 0. The molecular formula is C6H15Cl2GaN4. The molecule has 0 N–H and O–H groups in total. The van der Waals surface area contributed by atoms with Crippen LogP contribution in [0.4, 0.5) is 0 Å². The summed E-state index contributed by atoms with van der Waals surface area (Å²) in [6.45, 7) is 1.89. The van der Waals surface area contributed by atoms with E-state index >= 15 is 0 Å². The Balaban J connectivity index is 4.55. The Bertz CT molecular complexity index is 175. The molecule has 0 heterocycles. The van der Waals surface area contributed by atoms with Gasteiger partial charge in [0.25, 0.3) is 0 Å².